The molecule has 0 saturated heterocycles. The maximum atomic E-state index is 12.5. The molecule has 0 radical (unpaired) electrons. The summed E-state index contributed by atoms with van der Waals surface area (Å²) in [4.78, 5) is 7.17. The van der Waals surface area contributed by atoms with Gasteiger partial charge in [-0.2, -0.15) is 18.4 Å². The number of aromatic nitrogens is 2. The van der Waals surface area contributed by atoms with Gasteiger partial charge in [-0.25, -0.2) is 4.98 Å². The molecule has 0 atom stereocenters. The minimum atomic E-state index is -4.56. The van der Waals surface area contributed by atoms with Crippen molar-refractivity contribution >= 4 is 0 Å². The van der Waals surface area contributed by atoms with E-state index < -0.39 is 11.9 Å². The van der Waals surface area contributed by atoms with Crippen LogP contribution in [-0.4, -0.2) is 9.97 Å². The van der Waals surface area contributed by atoms with Gasteiger partial charge in [-0.05, 0) is 18.2 Å². The maximum Gasteiger partial charge on any atom is 0.433 e. The number of hydrogen-bond donors (Lipinski definition) is 0. The van der Waals surface area contributed by atoms with E-state index in [0.717, 1.165) is 6.07 Å². The molecule has 0 aromatic carbocycles. The summed E-state index contributed by atoms with van der Waals surface area (Å²) in [6.45, 7) is 0. The lowest BCUT2D eigenvalue weighted by Gasteiger charge is -2.08. The second kappa shape index (κ2) is 4.45. The van der Waals surface area contributed by atoms with Crippen molar-refractivity contribution in [2.75, 3.05) is 0 Å². The van der Waals surface area contributed by atoms with E-state index in [-0.39, 0.29) is 5.69 Å². The first-order valence-electron chi connectivity index (χ1n) is 4.91. The van der Waals surface area contributed by atoms with Crippen LogP contribution in [0.1, 0.15) is 11.4 Å². The van der Waals surface area contributed by atoms with Gasteiger partial charge in [-0.1, -0.05) is 6.07 Å². The molecule has 6 heteroatoms. The highest BCUT2D eigenvalue weighted by molar-refractivity contribution is 5.67. The maximum absolute atomic E-state index is 12.5. The zero-order chi connectivity index (χ0) is 13.2. The number of hydrogen-bond acceptors (Lipinski definition) is 3. The molecule has 0 aliphatic carbocycles. The van der Waals surface area contributed by atoms with Gasteiger partial charge in [0.15, 0.2) is 0 Å². The van der Waals surface area contributed by atoms with Crippen molar-refractivity contribution < 1.29 is 13.2 Å². The summed E-state index contributed by atoms with van der Waals surface area (Å²) >= 11 is 0. The van der Waals surface area contributed by atoms with E-state index in [9.17, 15) is 13.2 Å². The summed E-state index contributed by atoms with van der Waals surface area (Å²) in [5.41, 5.74) is -0.460. The zero-order valence-electron chi connectivity index (χ0n) is 8.94. The first-order valence-corrected chi connectivity index (χ1v) is 4.91. The Morgan fingerprint density at radius 2 is 1.94 bits per heavy atom. The number of nitrogens with zero attached hydrogens (tertiary/aromatic N) is 3. The summed E-state index contributed by atoms with van der Waals surface area (Å²) in [7, 11) is 0. The molecule has 0 N–H and O–H groups in total. The number of rotatable bonds is 1. The van der Waals surface area contributed by atoms with E-state index in [0.29, 0.717) is 11.1 Å². The van der Waals surface area contributed by atoms with E-state index in [4.69, 9.17) is 5.26 Å². The van der Waals surface area contributed by atoms with E-state index in [1.807, 2.05) is 0 Å². The Morgan fingerprint density at radius 3 is 2.50 bits per heavy atom. The molecule has 0 aliphatic rings. The van der Waals surface area contributed by atoms with Crippen LogP contribution in [0.3, 0.4) is 0 Å². The first kappa shape index (κ1) is 12.0. The number of halogens is 3. The quantitative estimate of drug-likeness (QED) is 0.780. The van der Waals surface area contributed by atoms with Gasteiger partial charge in [0, 0.05) is 23.5 Å². The van der Waals surface area contributed by atoms with E-state index in [2.05, 4.69) is 9.97 Å². The minimum Gasteiger partial charge on any atom is -0.264 e. The van der Waals surface area contributed by atoms with Crippen LogP contribution in [0.5, 0.6) is 0 Å². The van der Waals surface area contributed by atoms with Crippen molar-refractivity contribution in [2.45, 2.75) is 6.18 Å². The standard InChI is InChI=1S/C12H6F3N3/c13-12(14,15)11-4-3-9(10(6-16)18-11)8-2-1-5-17-7-8/h1-5,7H. The van der Waals surface area contributed by atoms with Crippen molar-refractivity contribution in [3.8, 4) is 17.2 Å². The van der Waals surface area contributed by atoms with Crippen LogP contribution in [0.25, 0.3) is 11.1 Å². The largest absolute Gasteiger partial charge is 0.433 e. The fourth-order valence-corrected chi connectivity index (χ4v) is 1.46. The van der Waals surface area contributed by atoms with Crippen molar-refractivity contribution in [3.05, 3.63) is 48.0 Å². The fraction of sp³-hybridized carbons (Fsp3) is 0.0833. The van der Waals surface area contributed by atoms with E-state index >= 15 is 0 Å². The van der Waals surface area contributed by atoms with Crippen LogP contribution in [0, 0.1) is 11.3 Å². The van der Waals surface area contributed by atoms with E-state index in [1.165, 1.54) is 18.5 Å². The van der Waals surface area contributed by atoms with Crippen LogP contribution in [-0.2, 0) is 6.18 Å². The molecule has 2 rings (SSSR count). The molecule has 2 heterocycles. The molecule has 2 aromatic heterocycles. The van der Waals surface area contributed by atoms with Gasteiger partial charge in [-0.15, -0.1) is 0 Å². The summed E-state index contributed by atoms with van der Waals surface area (Å²) < 4.78 is 37.4. The molecule has 0 saturated carbocycles. The van der Waals surface area contributed by atoms with Crippen molar-refractivity contribution in [2.24, 2.45) is 0 Å². The van der Waals surface area contributed by atoms with Gasteiger partial charge in [-0.3, -0.25) is 4.98 Å². The summed E-state index contributed by atoms with van der Waals surface area (Å²) in [5, 5.41) is 8.87. The first-order chi connectivity index (χ1) is 8.52. The Balaban J connectivity index is 2.56. The predicted octanol–water partition coefficient (Wildman–Crippen LogP) is 3.03. The van der Waals surface area contributed by atoms with Gasteiger partial charge < -0.3 is 0 Å². The highest BCUT2D eigenvalue weighted by atomic mass is 19.4. The van der Waals surface area contributed by atoms with Crippen molar-refractivity contribution in [1.82, 2.24) is 9.97 Å². The molecular formula is C12H6F3N3. The van der Waals surface area contributed by atoms with Crippen molar-refractivity contribution in [1.29, 1.82) is 5.26 Å². The van der Waals surface area contributed by atoms with Crippen LogP contribution >= 0.6 is 0 Å². The normalized spacial score (nSPS) is 11.0. The van der Waals surface area contributed by atoms with Gasteiger partial charge >= 0.3 is 6.18 Å². The van der Waals surface area contributed by atoms with Crippen LogP contribution in [0.4, 0.5) is 13.2 Å². The number of alkyl halides is 3. The lowest BCUT2D eigenvalue weighted by Crippen LogP contribution is -2.09. The molecule has 0 amide bonds. The van der Waals surface area contributed by atoms with Crippen LogP contribution < -0.4 is 0 Å². The van der Waals surface area contributed by atoms with Crippen LogP contribution in [0.2, 0.25) is 0 Å². The average Bonchev–Trinajstić information content (AvgIpc) is 2.38. The Morgan fingerprint density at radius 1 is 1.17 bits per heavy atom. The molecule has 3 nitrogen and oxygen atoms in total. The Hall–Kier alpha value is -2.42. The average molecular weight is 249 g/mol. The van der Waals surface area contributed by atoms with Gasteiger partial charge in [0.25, 0.3) is 0 Å². The molecule has 0 fully saturated rings. The van der Waals surface area contributed by atoms with Gasteiger partial charge in [0.1, 0.15) is 17.5 Å². The Kier molecular flexibility index (Phi) is 2.98. The Bertz CT molecular complexity index is 600. The highest BCUT2D eigenvalue weighted by Crippen LogP contribution is 2.30. The molecule has 0 bridgehead atoms. The molecular weight excluding hydrogens is 243 g/mol. The number of pyridine rings is 2. The van der Waals surface area contributed by atoms with Gasteiger partial charge in [0.2, 0.25) is 0 Å². The molecule has 90 valence electrons. The highest BCUT2D eigenvalue weighted by Gasteiger charge is 2.33. The predicted molar refractivity (Wildman–Crippen MR) is 57.2 cm³/mol. The summed E-state index contributed by atoms with van der Waals surface area (Å²) in [5.74, 6) is 0. The lowest BCUT2D eigenvalue weighted by atomic mass is 10.1. The topological polar surface area (TPSA) is 49.6 Å². The van der Waals surface area contributed by atoms with Crippen LogP contribution in [0.15, 0.2) is 36.7 Å². The second-order valence-electron chi connectivity index (χ2n) is 3.44. The monoisotopic (exact) mass is 249 g/mol. The number of nitriles is 1. The third-order valence-electron chi connectivity index (χ3n) is 2.26. The molecule has 2 aromatic rings. The molecule has 0 aliphatic heterocycles. The SMILES string of the molecule is N#Cc1nc(C(F)(F)F)ccc1-c1cccnc1. The lowest BCUT2D eigenvalue weighted by molar-refractivity contribution is -0.141. The fourth-order valence-electron chi connectivity index (χ4n) is 1.46. The summed E-state index contributed by atoms with van der Waals surface area (Å²) in [6.07, 6.45) is -1.56. The summed E-state index contributed by atoms with van der Waals surface area (Å²) in [6, 6.07) is 7.03. The van der Waals surface area contributed by atoms with E-state index in [1.54, 1.807) is 18.2 Å². The zero-order valence-corrected chi connectivity index (χ0v) is 8.94. The van der Waals surface area contributed by atoms with Crippen molar-refractivity contribution in [3.63, 3.8) is 0 Å². The molecule has 18 heavy (non-hydrogen) atoms. The Labute approximate surface area is 101 Å². The minimum absolute atomic E-state index is 0.266. The smallest absolute Gasteiger partial charge is 0.264 e. The second-order valence-corrected chi connectivity index (χ2v) is 3.44. The third-order valence-corrected chi connectivity index (χ3v) is 2.26. The molecule has 0 spiro atoms. The third kappa shape index (κ3) is 2.30. The molecule has 0 unspecified atom stereocenters. The van der Waals surface area contributed by atoms with Gasteiger partial charge in [0.05, 0.1) is 0 Å².